The monoisotopic (exact) mass is 293 g/mol. The van der Waals surface area contributed by atoms with E-state index in [1.165, 1.54) is 0 Å². The van der Waals surface area contributed by atoms with Gasteiger partial charge in [0.15, 0.2) is 6.61 Å². The highest BCUT2D eigenvalue weighted by molar-refractivity contribution is 5.79. The molecule has 0 aromatic heterocycles. The highest BCUT2D eigenvalue weighted by Gasteiger charge is 2.28. The van der Waals surface area contributed by atoms with Crippen LogP contribution >= 0.6 is 0 Å². The van der Waals surface area contributed by atoms with Crippen LogP contribution < -0.4 is 10.1 Å². The van der Waals surface area contributed by atoms with E-state index in [4.69, 9.17) is 9.84 Å². The number of carbonyl (C=O) groups is 2. The largest absolute Gasteiger partial charge is 0.484 e. The number of carbonyl (C=O) groups excluding carboxylic acids is 1. The highest BCUT2D eigenvalue weighted by atomic mass is 16.5. The Morgan fingerprint density at radius 2 is 2.00 bits per heavy atom. The number of hydrogen-bond donors (Lipinski definition) is 2. The Kier molecular flexibility index (Phi) is 5.76. The maximum Gasteiger partial charge on any atom is 0.305 e. The molecule has 0 bridgehead atoms. The summed E-state index contributed by atoms with van der Waals surface area (Å²) in [6.45, 7) is 7.48. The number of amides is 1. The predicted octanol–water partition coefficient (Wildman–Crippen LogP) is 2.38. The summed E-state index contributed by atoms with van der Waals surface area (Å²) in [7, 11) is 0. The van der Waals surface area contributed by atoms with Gasteiger partial charge in [-0.25, -0.2) is 0 Å². The SMILES string of the molecule is Cc1cccc(OCC(=O)NC(CC(=O)O)C(C)(C)C)c1. The van der Waals surface area contributed by atoms with Crippen molar-refractivity contribution < 1.29 is 19.4 Å². The maximum atomic E-state index is 11.9. The first-order chi connectivity index (χ1) is 9.68. The fourth-order valence-electron chi connectivity index (χ4n) is 1.84. The van der Waals surface area contributed by atoms with Crippen LogP contribution in [0.25, 0.3) is 0 Å². The third kappa shape index (κ3) is 6.29. The Morgan fingerprint density at radius 3 is 2.52 bits per heavy atom. The number of nitrogens with one attached hydrogen (secondary N) is 1. The van der Waals surface area contributed by atoms with Crippen LogP contribution in [0.15, 0.2) is 24.3 Å². The molecular formula is C16H23NO4. The number of aryl methyl sites for hydroxylation is 1. The zero-order chi connectivity index (χ0) is 16.0. The van der Waals surface area contributed by atoms with Crippen molar-refractivity contribution in [2.24, 2.45) is 5.41 Å². The van der Waals surface area contributed by atoms with Crippen molar-refractivity contribution in [2.45, 2.75) is 40.2 Å². The van der Waals surface area contributed by atoms with E-state index in [2.05, 4.69) is 5.32 Å². The lowest BCUT2D eigenvalue weighted by molar-refractivity contribution is -0.138. The lowest BCUT2D eigenvalue weighted by atomic mass is 9.85. The molecule has 0 spiro atoms. The van der Waals surface area contributed by atoms with Crippen molar-refractivity contribution in [3.63, 3.8) is 0 Å². The maximum absolute atomic E-state index is 11.9. The second-order valence-electron chi connectivity index (χ2n) is 6.19. The Labute approximate surface area is 125 Å². The van der Waals surface area contributed by atoms with E-state index in [0.29, 0.717) is 5.75 Å². The molecule has 0 heterocycles. The van der Waals surface area contributed by atoms with Gasteiger partial charge in [0.1, 0.15) is 5.75 Å². The van der Waals surface area contributed by atoms with Gasteiger partial charge in [-0.15, -0.1) is 0 Å². The predicted molar refractivity (Wildman–Crippen MR) is 80.3 cm³/mol. The highest BCUT2D eigenvalue weighted by Crippen LogP contribution is 2.22. The summed E-state index contributed by atoms with van der Waals surface area (Å²) >= 11 is 0. The molecule has 1 amide bonds. The summed E-state index contributed by atoms with van der Waals surface area (Å²) in [6, 6.07) is 6.97. The quantitative estimate of drug-likeness (QED) is 0.844. The minimum absolute atomic E-state index is 0.111. The molecular weight excluding hydrogens is 270 g/mol. The second-order valence-corrected chi connectivity index (χ2v) is 6.19. The van der Waals surface area contributed by atoms with Crippen LogP contribution in [-0.4, -0.2) is 29.6 Å². The van der Waals surface area contributed by atoms with Crippen molar-refractivity contribution in [2.75, 3.05) is 6.61 Å². The smallest absolute Gasteiger partial charge is 0.305 e. The van der Waals surface area contributed by atoms with E-state index in [-0.39, 0.29) is 24.3 Å². The summed E-state index contributed by atoms with van der Waals surface area (Å²) in [5.41, 5.74) is 0.712. The van der Waals surface area contributed by atoms with Gasteiger partial charge < -0.3 is 15.2 Å². The summed E-state index contributed by atoms with van der Waals surface area (Å²) in [5, 5.41) is 11.6. The lowest BCUT2D eigenvalue weighted by Crippen LogP contribution is -2.46. The Hall–Kier alpha value is -2.04. The van der Waals surface area contributed by atoms with E-state index in [0.717, 1.165) is 5.56 Å². The summed E-state index contributed by atoms with van der Waals surface area (Å²) in [4.78, 5) is 22.8. The third-order valence-electron chi connectivity index (χ3n) is 3.12. The fraction of sp³-hybridized carbons (Fsp3) is 0.500. The van der Waals surface area contributed by atoms with E-state index in [1.807, 2.05) is 45.9 Å². The van der Waals surface area contributed by atoms with Crippen molar-refractivity contribution in [3.8, 4) is 5.75 Å². The molecule has 116 valence electrons. The molecule has 5 nitrogen and oxygen atoms in total. The average Bonchev–Trinajstić information content (AvgIpc) is 2.34. The fourth-order valence-corrected chi connectivity index (χ4v) is 1.84. The van der Waals surface area contributed by atoms with Gasteiger partial charge >= 0.3 is 5.97 Å². The van der Waals surface area contributed by atoms with Gasteiger partial charge in [-0.1, -0.05) is 32.9 Å². The number of benzene rings is 1. The van der Waals surface area contributed by atoms with Crippen molar-refractivity contribution in [1.29, 1.82) is 0 Å². The summed E-state index contributed by atoms with van der Waals surface area (Å²) in [6.07, 6.45) is -0.111. The molecule has 1 rings (SSSR count). The number of ether oxygens (including phenoxy) is 1. The summed E-state index contributed by atoms with van der Waals surface area (Å²) < 4.78 is 5.41. The molecule has 1 atom stereocenters. The number of aliphatic carboxylic acids is 1. The van der Waals surface area contributed by atoms with Gasteiger partial charge in [-0.3, -0.25) is 9.59 Å². The van der Waals surface area contributed by atoms with E-state index in [1.54, 1.807) is 6.07 Å². The van der Waals surface area contributed by atoms with Crippen LogP contribution in [-0.2, 0) is 9.59 Å². The molecule has 0 aliphatic rings. The molecule has 0 saturated carbocycles. The van der Waals surface area contributed by atoms with Crippen LogP contribution in [0, 0.1) is 12.3 Å². The molecule has 0 aliphatic heterocycles. The van der Waals surface area contributed by atoms with Gasteiger partial charge in [-0.05, 0) is 30.0 Å². The van der Waals surface area contributed by atoms with E-state index in [9.17, 15) is 9.59 Å². The molecule has 1 unspecified atom stereocenters. The molecule has 0 saturated heterocycles. The van der Waals surface area contributed by atoms with Gasteiger partial charge in [0.25, 0.3) is 5.91 Å². The molecule has 21 heavy (non-hydrogen) atoms. The lowest BCUT2D eigenvalue weighted by Gasteiger charge is -2.30. The zero-order valence-electron chi connectivity index (χ0n) is 13.0. The third-order valence-corrected chi connectivity index (χ3v) is 3.12. The standard InChI is InChI=1S/C16H23NO4/c1-11-6-5-7-12(8-11)21-10-14(18)17-13(9-15(19)20)16(2,3)4/h5-8,13H,9-10H2,1-4H3,(H,17,18)(H,19,20). The molecule has 1 aromatic carbocycles. The minimum atomic E-state index is -0.935. The van der Waals surface area contributed by atoms with Crippen molar-refractivity contribution in [3.05, 3.63) is 29.8 Å². The average molecular weight is 293 g/mol. The van der Waals surface area contributed by atoms with Crippen molar-refractivity contribution >= 4 is 11.9 Å². The first-order valence-electron chi connectivity index (χ1n) is 6.89. The van der Waals surface area contributed by atoms with Crippen LogP contribution in [0.5, 0.6) is 5.75 Å². The zero-order valence-corrected chi connectivity index (χ0v) is 13.0. The van der Waals surface area contributed by atoms with Crippen LogP contribution in [0.2, 0.25) is 0 Å². The molecule has 0 aliphatic carbocycles. The van der Waals surface area contributed by atoms with E-state index >= 15 is 0 Å². The Morgan fingerprint density at radius 1 is 1.33 bits per heavy atom. The first kappa shape index (κ1) is 17.0. The number of hydrogen-bond acceptors (Lipinski definition) is 3. The first-order valence-corrected chi connectivity index (χ1v) is 6.89. The minimum Gasteiger partial charge on any atom is -0.484 e. The second kappa shape index (κ2) is 7.11. The van der Waals surface area contributed by atoms with Crippen LogP contribution in [0.4, 0.5) is 0 Å². The van der Waals surface area contributed by atoms with Gasteiger partial charge in [0.05, 0.1) is 6.42 Å². The topological polar surface area (TPSA) is 75.6 Å². The van der Waals surface area contributed by atoms with E-state index < -0.39 is 12.0 Å². The number of rotatable bonds is 6. The van der Waals surface area contributed by atoms with Crippen LogP contribution in [0.1, 0.15) is 32.8 Å². The molecule has 5 heteroatoms. The van der Waals surface area contributed by atoms with Gasteiger partial charge in [0.2, 0.25) is 0 Å². The number of carboxylic acid groups (broad SMARTS) is 1. The molecule has 2 N–H and O–H groups in total. The van der Waals surface area contributed by atoms with Gasteiger partial charge in [-0.2, -0.15) is 0 Å². The Bertz CT molecular complexity index is 505. The molecule has 1 aromatic rings. The molecule has 0 fully saturated rings. The molecule has 0 radical (unpaired) electrons. The van der Waals surface area contributed by atoms with Gasteiger partial charge in [0, 0.05) is 6.04 Å². The Balaban J connectivity index is 2.56. The number of carboxylic acids is 1. The summed E-state index contributed by atoms with van der Waals surface area (Å²) in [5.74, 6) is -0.636. The van der Waals surface area contributed by atoms with Crippen molar-refractivity contribution in [1.82, 2.24) is 5.32 Å². The van der Waals surface area contributed by atoms with Crippen LogP contribution in [0.3, 0.4) is 0 Å². The normalized spacial score (nSPS) is 12.6.